The van der Waals surface area contributed by atoms with E-state index in [2.05, 4.69) is 0 Å². The molecule has 0 fully saturated rings. The first-order valence-corrected chi connectivity index (χ1v) is 4.82. The molecule has 4 nitrogen and oxygen atoms in total. The van der Waals surface area contributed by atoms with Gasteiger partial charge in [0, 0.05) is 0 Å². The van der Waals surface area contributed by atoms with Crippen LogP contribution in [0.25, 0.3) is 0 Å². The Morgan fingerprint density at radius 1 is 1.53 bits per heavy atom. The predicted molar refractivity (Wildman–Crippen MR) is 57.3 cm³/mol. The summed E-state index contributed by atoms with van der Waals surface area (Å²) in [6, 6.07) is 5.06. The van der Waals surface area contributed by atoms with Crippen molar-refractivity contribution in [1.29, 1.82) is 0 Å². The Morgan fingerprint density at radius 3 is 2.87 bits per heavy atom. The molecule has 0 saturated heterocycles. The van der Waals surface area contributed by atoms with Gasteiger partial charge in [0.1, 0.15) is 11.3 Å². The highest BCUT2D eigenvalue weighted by Crippen LogP contribution is 2.23. The molecule has 0 bridgehead atoms. The van der Waals surface area contributed by atoms with Crippen molar-refractivity contribution in [1.82, 2.24) is 0 Å². The van der Waals surface area contributed by atoms with Gasteiger partial charge in [-0.25, -0.2) is 4.79 Å². The largest absolute Gasteiger partial charge is 0.492 e. The summed E-state index contributed by atoms with van der Waals surface area (Å²) in [4.78, 5) is 10.9. The number of carboxylic acid groups (broad SMARTS) is 1. The van der Waals surface area contributed by atoms with Crippen molar-refractivity contribution in [2.45, 2.75) is 13.3 Å². The average Bonchev–Trinajstić information content (AvgIpc) is 2.20. The maximum absolute atomic E-state index is 10.9. The second-order valence-electron chi connectivity index (χ2n) is 3.25. The van der Waals surface area contributed by atoms with Crippen LogP contribution in [0, 0.1) is 6.92 Å². The first kappa shape index (κ1) is 11.5. The van der Waals surface area contributed by atoms with E-state index in [1.165, 1.54) is 6.07 Å². The molecule has 3 N–H and O–H groups in total. The molecule has 0 aliphatic heterocycles. The van der Waals surface area contributed by atoms with Crippen LogP contribution in [-0.2, 0) is 0 Å². The minimum absolute atomic E-state index is 0.201. The molecule has 0 aliphatic rings. The van der Waals surface area contributed by atoms with Crippen LogP contribution in [0.3, 0.4) is 0 Å². The smallest absolute Gasteiger partial charge is 0.339 e. The van der Waals surface area contributed by atoms with Gasteiger partial charge >= 0.3 is 5.97 Å². The molecular weight excluding hydrogens is 194 g/mol. The van der Waals surface area contributed by atoms with Crippen LogP contribution in [0.1, 0.15) is 22.3 Å². The molecule has 0 heterocycles. The van der Waals surface area contributed by atoms with Crippen LogP contribution < -0.4 is 10.5 Å². The first-order chi connectivity index (χ1) is 7.16. The molecule has 0 atom stereocenters. The lowest BCUT2D eigenvalue weighted by atomic mass is 10.1. The van der Waals surface area contributed by atoms with E-state index in [0.717, 1.165) is 5.56 Å². The zero-order valence-corrected chi connectivity index (χ0v) is 8.69. The van der Waals surface area contributed by atoms with E-state index in [0.29, 0.717) is 25.3 Å². The molecule has 1 rings (SSSR count). The minimum Gasteiger partial charge on any atom is -0.492 e. The van der Waals surface area contributed by atoms with Crippen LogP contribution >= 0.6 is 0 Å². The first-order valence-electron chi connectivity index (χ1n) is 4.82. The zero-order valence-electron chi connectivity index (χ0n) is 8.69. The fourth-order valence-electron chi connectivity index (χ4n) is 1.27. The van der Waals surface area contributed by atoms with Crippen LogP contribution in [-0.4, -0.2) is 24.2 Å². The Morgan fingerprint density at radius 2 is 2.27 bits per heavy atom. The van der Waals surface area contributed by atoms with Gasteiger partial charge in [-0.1, -0.05) is 12.1 Å². The van der Waals surface area contributed by atoms with Gasteiger partial charge in [0.05, 0.1) is 6.61 Å². The van der Waals surface area contributed by atoms with Crippen molar-refractivity contribution in [3.63, 3.8) is 0 Å². The van der Waals surface area contributed by atoms with Crippen LogP contribution in [0.15, 0.2) is 18.2 Å². The third-order valence-corrected chi connectivity index (χ3v) is 2.04. The SMILES string of the molecule is Cc1cccc(C(=O)O)c1OCCCN. The minimum atomic E-state index is -0.971. The van der Waals surface area contributed by atoms with E-state index in [-0.39, 0.29) is 5.56 Å². The van der Waals surface area contributed by atoms with E-state index in [4.69, 9.17) is 15.6 Å². The Labute approximate surface area is 88.7 Å². The second-order valence-corrected chi connectivity index (χ2v) is 3.25. The average molecular weight is 209 g/mol. The molecule has 82 valence electrons. The van der Waals surface area contributed by atoms with E-state index < -0.39 is 5.97 Å². The molecule has 0 unspecified atom stereocenters. The van der Waals surface area contributed by atoms with Gasteiger partial charge < -0.3 is 15.6 Å². The van der Waals surface area contributed by atoms with Gasteiger partial charge in [0.2, 0.25) is 0 Å². The number of aromatic carboxylic acids is 1. The molecule has 0 spiro atoms. The van der Waals surface area contributed by atoms with Gasteiger partial charge in [-0.15, -0.1) is 0 Å². The monoisotopic (exact) mass is 209 g/mol. The Hall–Kier alpha value is -1.55. The number of carboxylic acids is 1. The van der Waals surface area contributed by atoms with Crippen molar-refractivity contribution < 1.29 is 14.6 Å². The van der Waals surface area contributed by atoms with Gasteiger partial charge in [-0.3, -0.25) is 0 Å². The Kier molecular flexibility index (Phi) is 4.12. The molecular formula is C11H15NO3. The summed E-state index contributed by atoms with van der Waals surface area (Å²) in [7, 11) is 0. The summed E-state index contributed by atoms with van der Waals surface area (Å²) < 4.78 is 5.41. The summed E-state index contributed by atoms with van der Waals surface area (Å²) >= 11 is 0. The lowest BCUT2D eigenvalue weighted by Crippen LogP contribution is -2.09. The van der Waals surface area contributed by atoms with Crippen molar-refractivity contribution in [3.05, 3.63) is 29.3 Å². The fourth-order valence-corrected chi connectivity index (χ4v) is 1.27. The highest BCUT2D eigenvalue weighted by atomic mass is 16.5. The number of ether oxygens (including phenoxy) is 1. The van der Waals surface area contributed by atoms with E-state index in [1.807, 2.05) is 13.0 Å². The number of hydrogen-bond donors (Lipinski definition) is 2. The summed E-state index contributed by atoms with van der Waals surface area (Å²) in [5, 5.41) is 8.94. The molecule has 4 heteroatoms. The lowest BCUT2D eigenvalue weighted by Gasteiger charge is -2.11. The molecule has 0 aliphatic carbocycles. The zero-order chi connectivity index (χ0) is 11.3. The summed E-state index contributed by atoms with van der Waals surface area (Å²) in [6.45, 7) is 2.81. The topological polar surface area (TPSA) is 72.5 Å². The highest BCUT2D eigenvalue weighted by molar-refractivity contribution is 5.91. The number of para-hydroxylation sites is 1. The van der Waals surface area contributed by atoms with E-state index in [9.17, 15) is 4.79 Å². The van der Waals surface area contributed by atoms with Gasteiger partial charge in [-0.2, -0.15) is 0 Å². The summed E-state index contributed by atoms with van der Waals surface area (Å²) in [6.07, 6.45) is 0.716. The number of aryl methyl sites for hydroxylation is 1. The normalized spacial score (nSPS) is 10.0. The van der Waals surface area contributed by atoms with E-state index >= 15 is 0 Å². The Bertz CT molecular complexity index is 350. The number of nitrogens with two attached hydrogens (primary N) is 1. The number of carbonyl (C=O) groups is 1. The van der Waals surface area contributed by atoms with Crippen molar-refractivity contribution in [3.8, 4) is 5.75 Å². The number of rotatable bonds is 5. The van der Waals surface area contributed by atoms with Crippen LogP contribution in [0.5, 0.6) is 5.75 Å². The van der Waals surface area contributed by atoms with Gasteiger partial charge in [0.15, 0.2) is 0 Å². The maximum Gasteiger partial charge on any atom is 0.339 e. The lowest BCUT2D eigenvalue weighted by molar-refractivity contribution is 0.0692. The molecule has 1 aromatic rings. The van der Waals surface area contributed by atoms with Crippen LogP contribution in [0.4, 0.5) is 0 Å². The van der Waals surface area contributed by atoms with Crippen molar-refractivity contribution >= 4 is 5.97 Å². The number of benzene rings is 1. The van der Waals surface area contributed by atoms with Crippen molar-refractivity contribution in [2.75, 3.05) is 13.2 Å². The maximum atomic E-state index is 10.9. The molecule has 0 radical (unpaired) electrons. The predicted octanol–water partition coefficient (Wildman–Crippen LogP) is 1.42. The van der Waals surface area contributed by atoms with Gasteiger partial charge in [0.25, 0.3) is 0 Å². The summed E-state index contributed by atoms with van der Waals surface area (Å²) in [5.41, 5.74) is 6.36. The molecule has 1 aromatic carbocycles. The number of hydrogen-bond acceptors (Lipinski definition) is 3. The van der Waals surface area contributed by atoms with E-state index in [1.54, 1.807) is 6.07 Å². The molecule has 15 heavy (non-hydrogen) atoms. The van der Waals surface area contributed by atoms with Crippen LogP contribution in [0.2, 0.25) is 0 Å². The fraction of sp³-hybridized carbons (Fsp3) is 0.364. The highest BCUT2D eigenvalue weighted by Gasteiger charge is 2.12. The second kappa shape index (κ2) is 5.36. The third-order valence-electron chi connectivity index (χ3n) is 2.04. The standard InChI is InChI=1S/C11H15NO3/c1-8-4-2-5-9(11(13)14)10(8)15-7-3-6-12/h2,4-5H,3,6-7,12H2,1H3,(H,13,14). The molecule has 0 saturated carbocycles. The van der Waals surface area contributed by atoms with Gasteiger partial charge in [-0.05, 0) is 31.5 Å². The van der Waals surface area contributed by atoms with Crippen molar-refractivity contribution in [2.24, 2.45) is 5.73 Å². The third kappa shape index (κ3) is 2.95. The molecule has 0 aromatic heterocycles. The summed E-state index contributed by atoms with van der Waals surface area (Å²) in [5.74, 6) is -0.528. The Balaban J connectivity index is 2.87. The molecule has 0 amide bonds. The quantitative estimate of drug-likeness (QED) is 0.719.